The standard InChI is InChI=1S/C41H49N9O5S/c1-24(26-13-15-27(16-14-26)36-25(2)43-23-56-36)45-39(54)33-18-29(51)22-50(33)40(55)37(41(3,4)5)46-35(53)12-8-9-17-49-21-28(20-44-49)31-19-32(47-48-38(31)42)30-10-6-7-11-34(30)52/h6-7,10-11,13-16,19-21,23-24,29,33,37,51-52H,8-9,12,17-18,22H2,1-5H3,(H2,42,48)(H,45,54)(H,46,53)/t24-,29+,33-,37+/m0/s1. The summed E-state index contributed by atoms with van der Waals surface area (Å²) in [5.74, 6) is -0.720. The van der Waals surface area contributed by atoms with Crippen LogP contribution in [-0.2, 0) is 20.9 Å². The van der Waals surface area contributed by atoms with Gasteiger partial charge in [-0.2, -0.15) is 5.10 Å². The van der Waals surface area contributed by atoms with E-state index in [9.17, 15) is 24.6 Å². The van der Waals surface area contributed by atoms with Gasteiger partial charge in [0.15, 0.2) is 5.82 Å². The number of carbonyl (C=O) groups is 3. The van der Waals surface area contributed by atoms with Gasteiger partial charge in [-0.3, -0.25) is 19.1 Å². The Labute approximate surface area is 330 Å². The van der Waals surface area contributed by atoms with E-state index in [1.165, 1.54) is 4.90 Å². The molecule has 14 nitrogen and oxygen atoms in total. The van der Waals surface area contributed by atoms with Crippen molar-refractivity contribution >= 4 is 34.9 Å². The quantitative estimate of drug-likeness (QED) is 0.0981. The van der Waals surface area contributed by atoms with Crippen molar-refractivity contribution in [3.05, 3.63) is 83.8 Å². The van der Waals surface area contributed by atoms with E-state index in [1.807, 2.05) is 70.6 Å². The first kappa shape index (κ1) is 40.0. The zero-order chi connectivity index (χ0) is 40.1. The van der Waals surface area contributed by atoms with Crippen LogP contribution in [0.25, 0.3) is 32.8 Å². The van der Waals surface area contributed by atoms with Gasteiger partial charge in [0.25, 0.3) is 0 Å². The number of phenols is 1. The van der Waals surface area contributed by atoms with E-state index in [0.29, 0.717) is 36.2 Å². The Hall–Kier alpha value is -5.67. The number of nitrogens with zero attached hydrogens (tertiary/aromatic N) is 6. The molecule has 3 aromatic heterocycles. The highest BCUT2D eigenvalue weighted by Crippen LogP contribution is 2.33. The lowest BCUT2D eigenvalue weighted by molar-refractivity contribution is -0.144. The molecule has 0 aliphatic carbocycles. The van der Waals surface area contributed by atoms with Crippen LogP contribution in [0.3, 0.4) is 0 Å². The molecule has 6 rings (SSSR count). The van der Waals surface area contributed by atoms with Crippen molar-refractivity contribution in [2.45, 2.75) is 91.1 Å². The highest BCUT2D eigenvalue weighted by atomic mass is 32.1. The molecule has 56 heavy (non-hydrogen) atoms. The Kier molecular flexibility index (Phi) is 12.1. The summed E-state index contributed by atoms with van der Waals surface area (Å²) in [5, 5.41) is 39.5. The van der Waals surface area contributed by atoms with Crippen LogP contribution >= 0.6 is 11.3 Å². The lowest BCUT2D eigenvalue weighted by atomic mass is 9.85. The molecule has 0 spiro atoms. The van der Waals surface area contributed by atoms with Crippen LogP contribution in [0.5, 0.6) is 5.75 Å². The minimum Gasteiger partial charge on any atom is -0.507 e. The molecule has 15 heteroatoms. The number of phenolic OH excluding ortho intramolecular Hbond substituents is 1. The van der Waals surface area contributed by atoms with Crippen molar-refractivity contribution in [1.82, 2.24) is 40.5 Å². The second-order valence-electron chi connectivity index (χ2n) is 15.4. The third kappa shape index (κ3) is 9.23. The lowest BCUT2D eigenvalue weighted by Crippen LogP contribution is -2.57. The number of thiazole rings is 1. The Morgan fingerprint density at radius 1 is 1.02 bits per heavy atom. The number of aliphatic hydroxyl groups is 1. The number of aryl methyl sites for hydroxylation is 2. The van der Waals surface area contributed by atoms with Crippen molar-refractivity contribution in [3.8, 4) is 38.6 Å². The number of rotatable bonds is 13. The second-order valence-corrected chi connectivity index (χ2v) is 16.2. The number of aliphatic hydroxyl groups excluding tert-OH is 1. The summed E-state index contributed by atoms with van der Waals surface area (Å²) in [5.41, 5.74) is 12.6. The van der Waals surface area contributed by atoms with Crippen LogP contribution in [0, 0.1) is 12.3 Å². The molecule has 2 aromatic carbocycles. The summed E-state index contributed by atoms with van der Waals surface area (Å²) in [7, 11) is 0. The molecule has 6 N–H and O–H groups in total. The normalized spacial score (nSPS) is 16.7. The van der Waals surface area contributed by atoms with Gasteiger partial charge in [-0.15, -0.1) is 21.5 Å². The topological polar surface area (TPSA) is 201 Å². The molecule has 3 amide bonds. The lowest BCUT2D eigenvalue weighted by Gasteiger charge is -2.35. The zero-order valence-electron chi connectivity index (χ0n) is 32.3. The van der Waals surface area contributed by atoms with Crippen LogP contribution in [-0.4, -0.2) is 82.5 Å². The summed E-state index contributed by atoms with van der Waals surface area (Å²) in [6, 6.07) is 14.4. The van der Waals surface area contributed by atoms with Gasteiger partial charge in [0.05, 0.1) is 40.1 Å². The molecular formula is C41H49N9O5S. The van der Waals surface area contributed by atoms with Gasteiger partial charge in [-0.25, -0.2) is 4.98 Å². The largest absolute Gasteiger partial charge is 0.507 e. The molecule has 0 bridgehead atoms. The Morgan fingerprint density at radius 3 is 2.46 bits per heavy atom. The number of β-amino-alcohol motifs (C(OH)–C–C–N with tert-alkyl or cyclic N) is 1. The number of likely N-dealkylation sites (tertiary alicyclic amines) is 1. The van der Waals surface area contributed by atoms with Crippen molar-refractivity contribution in [2.24, 2.45) is 5.41 Å². The molecule has 294 valence electrons. The van der Waals surface area contributed by atoms with E-state index in [0.717, 1.165) is 27.3 Å². The van der Waals surface area contributed by atoms with E-state index < -0.39 is 29.5 Å². The third-order valence-corrected chi connectivity index (χ3v) is 11.0. The maximum atomic E-state index is 14.1. The van der Waals surface area contributed by atoms with Gasteiger partial charge in [0.1, 0.15) is 17.8 Å². The number of aromatic hydroxyl groups is 1. The minimum atomic E-state index is -0.911. The summed E-state index contributed by atoms with van der Waals surface area (Å²) >= 11 is 1.58. The summed E-state index contributed by atoms with van der Waals surface area (Å²) in [6.45, 7) is 9.98. The van der Waals surface area contributed by atoms with E-state index in [-0.39, 0.29) is 48.8 Å². The maximum absolute atomic E-state index is 14.1. The second kappa shape index (κ2) is 17.0. The molecule has 0 saturated carbocycles. The van der Waals surface area contributed by atoms with Crippen LogP contribution < -0.4 is 16.4 Å². The van der Waals surface area contributed by atoms with Gasteiger partial charge in [-0.1, -0.05) is 57.2 Å². The fraction of sp³-hybridized carbons (Fsp3) is 0.390. The van der Waals surface area contributed by atoms with E-state index in [2.05, 4.69) is 30.9 Å². The van der Waals surface area contributed by atoms with Crippen LogP contribution in [0.2, 0.25) is 0 Å². The van der Waals surface area contributed by atoms with Gasteiger partial charge in [-0.05, 0) is 61.4 Å². The molecule has 1 fully saturated rings. The Balaban J connectivity index is 1.02. The number of nitrogen functional groups attached to an aromatic ring is 1. The van der Waals surface area contributed by atoms with E-state index >= 15 is 0 Å². The van der Waals surface area contributed by atoms with Crippen LogP contribution in [0.15, 0.2) is 72.5 Å². The first-order valence-corrected chi connectivity index (χ1v) is 19.6. The number of aromatic nitrogens is 5. The minimum absolute atomic E-state index is 0.000246. The molecule has 4 atom stereocenters. The zero-order valence-corrected chi connectivity index (χ0v) is 33.1. The highest BCUT2D eigenvalue weighted by Gasteiger charge is 2.44. The smallest absolute Gasteiger partial charge is 0.246 e. The predicted octanol–water partition coefficient (Wildman–Crippen LogP) is 5.27. The number of hydrogen-bond acceptors (Lipinski definition) is 11. The average molecular weight is 780 g/mol. The molecule has 5 aromatic rings. The average Bonchev–Trinajstić information content (AvgIpc) is 3.92. The number of carbonyl (C=O) groups excluding carboxylic acids is 3. The number of amides is 3. The molecule has 0 unspecified atom stereocenters. The Morgan fingerprint density at radius 2 is 1.77 bits per heavy atom. The van der Waals surface area contributed by atoms with Crippen molar-refractivity contribution in [1.29, 1.82) is 0 Å². The molecule has 1 aliphatic heterocycles. The monoisotopic (exact) mass is 779 g/mol. The molecule has 1 saturated heterocycles. The van der Waals surface area contributed by atoms with Gasteiger partial charge >= 0.3 is 0 Å². The van der Waals surface area contributed by atoms with Crippen molar-refractivity contribution in [3.63, 3.8) is 0 Å². The number of para-hydroxylation sites is 1. The van der Waals surface area contributed by atoms with Crippen LogP contribution in [0.1, 0.15) is 70.7 Å². The number of nitrogens with two attached hydrogens (primary N) is 1. The molecule has 1 aliphatic rings. The number of benzene rings is 2. The number of nitrogens with one attached hydrogen (secondary N) is 2. The fourth-order valence-corrected chi connectivity index (χ4v) is 7.70. The van der Waals surface area contributed by atoms with Gasteiger partial charge < -0.3 is 31.5 Å². The van der Waals surface area contributed by atoms with Crippen LogP contribution in [0.4, 0.5) is 5.82 Å². The predicted molar refractivity (Wildman–Crippen MR) is 215 cm³/mol. The number of hydrogen-bond donors (Lipinski definition) is 5. The van der Waals surface area contributed by atoms with Crippen molar-refractivity contribution < 1.29 is 24.6 Å². The first-order valence-electron chi connectivity index (χ1n) is 18.7. The summed E-state index contributed by atoms with van der Waals surface area (Å²) in [6.07, 6.45) is 4.13. The maximum Gasteiger partial charge on any atom is 0.246 e. The summed E-state index contributed by atoms with van der Waals surface area (Å²) in [4.78, 5) is 47.8. The molecular weight excluding hydrogens is 731 g/mol. The third-order valence-electron chi connectivity index (χ3n) is 10.0. The van der Waals surface area contributed by atoms with Gasteiger partial charge in [0, 0.05) is 48.8 Å². The highest BCUT2D eigenvalue weighted by molar-refractivity contribution is 7.13. The number of unbranched alkanes of at least 4 members (excludes halogenated alkanes) is 1. The fourth-order valence-electron chi connectivity index (χ4n) is 6.89. The van der Waals surface area contributed by atoms with E-state index in [4.69, 9.17) is 5.73 Å². The first-order chi connectivity index (χ1) is 26.7. The Bertz CT molecular complexity index is 2180. The number of anilines is 1. The van der Waals surface area contributed by atoms with E-state index in [1.54, 1.807) is 52.5 Å². The molecule has 4 heterocycles. The summed E-state index contributed by atoms with van der Waals surface area (Å²) < 4.78 is 1.76. The van der Waals surface area contributed by atoms with Gasteiger partial charge in [0.2, 0.25) is 17.7 Å². The van der Waals surface area contributed by atoms with Crippen molar-refractivity contribution in [2.75, 3.05) is 12.3 Å². The SMILES string of the molecule is Cc1ncsc1-c1ccc([C@H](C)NC(=O)[C@@H]2C[C@@H](O)CN2C(=O)[C@@H](NC(=O)CCCCn2cc(-c3cc(-c4ccccc4O)nnc3N)cn2)C(C)(C)C)cc1. The molecule has 0 radical (unpaired) electrons.